The van der Waals surface area contributed by atoms with Gasteiger partial charge in [-0.2, -0.15) is 19.6 Å². The Morgan fingerprint density at radius 2 is 1.90 bits per heavy atom. The molecule has 1 fully saturated rings. The molecule has 0 aromatic carbocycles. The van der Waals surface area contributed by atoms with Crippen molar-refractivity contribution < 1.29 is 13.2 Å². The highest BCUT2D eigenvalue weighted by Crippen LogP contribution is 2.30. The van der Waals surface area contributed by atoms with Crippen molar-refractivity contribution in [3.05, 3.63) is 52.3 Å². The van der Waals surface area contributed by atoms with Crippen LogP contribution in [0, 0.1) is 0 Å². The topological polar surface area (TPSA) is 152 Å². The van der Waals surface area contributed by atoms with Gasteiger partial charge in [-0.15, -0.1) is 0 Å². The molecular formula is C27H35N9O4S. The summed E-state index contributed by atoms with van der Waals surface area (Å²) in [6, 6.07) is 5.12. The lowest BCUT2D eigenvalue weighted by atomic mass is 10.2. The van der Waals surface area contributed by atoms with Crippen molar-refractivity contribution in [3.63, 3.8) is 0 Å². The standard InChI is InChI=1S/C27H35N9O4S/c1-4-7-15-40-27-21(16-20(17-28-27)41(38,39)35-13-11-34(6-3)12-14-35)25-30-23-22(5-2)36(33-24(23)26(37)31-25)18-19-9-8-10-29-32-19/h8-10,16-17H,4-7,11-15,18H2,1-3H3,(H,30,31,37). The maximum atomic E-state index is 13.6. The van der Waals surface area contributed by atoms with E-state index in [4.69, 9.17) is 9.72 Å². The number of nitrogens with one attached hydrogen (secondary N) is 1. The van der Waals surface area contributed by atoms with Gasteiger partial charge in [0.1, 0.15) is 16.2 Å². The number of sulfonamides is 1. The maximum absolute atomic E-state index is 13.6. The van der Waals surface area contributed by atoms with Crippen molar-refractivity contribution in [2.45, 2.75) is 51.5 Å². The van der Waals surface area contributed by atoms with Gasteiger partial charge in [0.2, 0.25) is 15.9 Å². The summed E-state index contributed by atoms with van der Waals surface area (Å²) in [5.41, 5.74) is 1.92. The highest BCUT2D eigenvalue weighted by atomic mass is 32.2. The van der Waals surface area contributed by atoms with Gasteiger partial charge < -0.3 is 14.6 Å². The number of rotatable bonds is 11. The van der Waals surface area contributed by atoms with Gasteiger partial charge in [0, 0.05) is 32.4 Å². The molecule has 0 radical (unpaired) electrons. The first-order chi connectivity index (χ1) is 19.8. The van der Waals surface area contributed by atoms with Crippen LogP contribution in [0.25, 0.3) is 22.4 Å². The fourth-order valence-electron chi connectivity index (χ4n) is 4.85. The number of hydrogen-bond acceptors (Lipinski definition) is 10. The zero-order valence-electron chi connectivity index (χ0n) is 23.6. The summed E-state index contributed by atoms with van der Waals surface area (Å²) in [5, 5.41) is 12.6. The molecule has 41 heavy (non-hydrogen) atoms. The van der Waals surface area contributed by atoms with Crippen LogP contribution in [0.15, 0.2) is 40.3 Å². The Hall–Kier alpha value is -3.75. The molecule has 0 saturated carbocycles. The molecule has 4 aromatic rings. The van der Waals surface area contributed by atoms with E-state index in [1.165, 1.54) is 16.6 Å². The molecule has 5 rings (SSSR count). The van der Waals surface area contributed by atoms with E-state index in [-0.39, 0.29) is 22.1 Å². The van der Waals surface area contributed by atoms with Gasteiger partial charge >= 0.3 is 0 Å². The van der Waals surface area contributed by atoms with Gasteiger partial charge in [-0.25, -0.2) is 18.4 Å². The summed E-state index contributed by atoms with van der Waals surface area (Å²) in [7, 11) is -3.82. The largest absolute Gasteiger partial charge is 0.477 e. The summed E-state index contributed by atoms with van der Waals surface area (Å²) in [4.78, 5) is 27.5. The van der Waals surface area contributed by atoms with Crippen LogP contribution in [0.3, 0.4) is 0 Å². The van der Waals surface area contributed by atoms with E-state index >= 15 is 0 Å². The van der Waals surface area contributed by atoms with Gasteiger partial charge in [-0.3, -0.25) is 9.48 Å². The lowest BCUT2D eigenvalue weighted by Gasteiger charge is -2.33. The highest BCUT2D eigenvalue weighted by molar-refractivity contribution is 7.89. The Morgan fingerprint density at radius 3 is 2.59 bits per heavy atom. The van der Waals surface area contributed by atoms with Crippen LogP contribution < -0.4 is 10.3 Å². The Kier molecular flexibility index (Phi) is 8.71. The van der Waals surface area contributed by atoms with E-state index in [0.717, 1.165) is 25.1 Å². The lowest BCUT2D eigenvalue weighted by Crippen LogP contribution is -2.48. The molecule has 14 heteroatoms. The molecule has 218 valence electrons. The van der Waals surface area contributed by atoms with Crippen molar-refractivity contribution in [2.75, 3.05) is 39.3 Å². The number of aromatic nitrogens is 7. The Bertz CT molecular complexity index is 1660. The SMILES string of the molecule is CCCCOc1ncc(S(=O)(=O)N2CCN(CC)CC2)cc1-c1nc2c(CC)n(Cc3cccnn3)nc2c(=O)[nH]1. The minimum absolute atomic E-state index is 0.0251. The van der Waals surface area contributed by atoms with Gasteiger partial charge in [0.25, 0.3) is 5.56 Å². The molecule has 1 aliphatic rings. The predicted molar refractivity (Wildman–Crippen MR) is 153 cm³/mol. The van der Waals surface area contributed by atoms with Crippen LogP contribution in [-0.2, 0) is 23.0 Å². The monoisotopic (exact) mass is 581 g/mol. The normalized spacial score (nSPS) is 15.0. The number of hydrogen-bond donors (Lipinski definition) is 1. The zero-order valence-corrected chi connectivity index (χ0v) is 24.4. The second-order valence-corrected chi connectivity index (χ2v) is 11.8. The second-order valence-electron chi connectivity index (χ2n) is 9.85. The molecule has 4 aromatic heterocycles. The number of ether oxygens (including phenoxy) is 1. The first-order valence-corrected chi connectivity index (χ1v) is 15.4. The molecule has 1 saturated heterocycles. The van der Waals surface area contributed by atoms with Crippen LogP contribution >= 0.6 is 0 Å². The molecule has 0 bridgehead atoms. The number of aromatic amines is 1. The minimum Gasteiger partial charge on any atom is -0.477 e. The number of pyridine rings is 1. The molecule has 13 nitrogen and oxygen atoms in total. The number of nitrogens with zero attached hydrogens (tertiary/aromatic N) is 8. The second kappa shape index (κ2) is 12.4. The van der Waals surface area contributed by atoms with Crippen LogP contribution in [0.5, 0.6) is 5.88 Å². The molecule has 0 atom stereocenters. The maximum Gasteiger partial charge on any atom is 0.279 e. The average Bonchev–Trinajstić information content (AvgIpc) is 3.35. The lowest BCUT2D eigenvalue weighted by molar-refractivity contribution is 0.196. The average molecular weight is 582 g/mol. The van der Waals surface area contributed by atoms with E-state index in [1.54, 1.807) is 16.9 Å². The van der Waals surface area contributed by atoms with Crippen molar-refractivity contribution >= 4 is 21.1 Å². The summed E-state index contributed by atoms with van der Waals surface area (Å²) in [6.45, 7) is 9.78. The van der Waals surface area contributed by atoms with Crippen molar-refractivity contribution in [1.29, 1.82) is 0 Å². The third kappa shape index (κ3) is 5.99. The number of aryl methyl sites for hydroxylation is 1. The van der Waals surface area contributed by atoms with Crippen molar-refractivity contribution in [3.8, 4) is 17.3 Å². The van der Waals surface area contributed by atoms with Gasteiger partial charge in [0.05, 0.1) is 36.3 Å². The van der Waals surface area contributed by atoms with Crippen molar-refractivity contribution in [1.82, 2.24) is 44.1 Å². The third-order valence-corrected chi connectivity index (χ3v) is 9.07. The highest BCUT2D eigenvalue weighted by Gasteiger charge is 2.30. The van der Waals surface area contributed by atoms with Gasteiger partial charge in [-0.1, -0.05) is 27.2 Å². The molecule has 0 spiro atoms. The number of piperazine rings is 1. The third-order valence-electron chi connectivity index (χ3n) is 7.21. The molecule has 1 N–H and O–H groups in total. The first-order valence-electron chi connectivity index (χ1n) is 14.0. The van der Waals surface area contributed by atoms with Gasteiger partial charge in [-0.05, 0) is 37.6 Å². The van der Waals surface area contributed by atoms with E-state index < -0.39 is 15.6 Å². The molecule has 0 unspecified atom stereocenters. The Morgan fingerprint density at radius 1 is 1.10 bits per heavy atom. The van der Waals surface area contributed by atoms with Gasteiger partial charge in [0.15, 0.2) is 5.52 Å². The quantitative estimate of drug-likeness (QED) is 0.261. The van der Waals surface area contributed by atoms with Crippen LogP contribution in [0.4, 0.5) is 0 Å². The van der Waals surface area contributed by atoms with Crippen LogP contribution in [0.2, 0.25) is 0 Å². The predicted octanol–water partition coefficient (Wildman–Crippen LogP) is 2.09. The fourth-order valence-corrected chi connectivity index (χ4v) is 6.25. The molecule has 5 heterocycles. The summed E-state index contributed by atoms with van der Waals surface area (Å²) < 4.78 is 36.3. The van der Waals surface area contributed by atoms with Crippen LogP contribution in [0.1, 0.15) is 45.0 Å². The van der Waals surface area contributed by atoms with E-state index in [2.05, 4.69) is 37.1 Å². The molecular weight excluding hydrogens is 546 g/mol. The van der Waals surface area contributed by atoms with Crippen molar-refractivity contribution in [2.24, 2.45) is 0 Å². The van der Waals surface area contributed by atoms with E-state index in [0.29, 0.717) is 62.5 Å². The Balaban J connectivity index is 1.58. The van der Waals surface area contributed by atoms with E-state index in [1.807, 2.05) is 19.9 Å². The smallest absolute Gasteiger partial charge is 0.279 e. The summed E-state index contributed by atoms with van der Waals surface area (Å²) in [5.74, 6) is 0.379. The summed E-state index contributed by atoms with van der Waals surface area (Å²) in [6.07, 6.45) is 5.18. The number of fused-ring (bicyclic) bond motifs is 1. The minimum atomic E-state index is -3.82. The zero-order chi connectivity index (χ0) is 29.0. The van der Waals surface area contributed by atoms with E-state index in [9.17, 15) is 13.2 Å². The summed E-state index contributed by atoms with van der Waals surface area (Å²) >= 11 is 0. The molecule has 0 aliphatic carbocycles. The first kappa shape index (κ1) is 28.8. The number of likely N-dealkylation sites (N-methyl/N-ethyl adjacent to an activating group) is 1. The number of H-pyrrole nitrogens is 1. The molecule has 1 aliphatic heterocycles. The molecule has 0 amide bonds. The fraction of sp³-hybridized carbons (Fsp3) is 0.481. The number of unbranched alkanes of at least 4 members (excludes halogenated alkanes) is 1. The Labute approximate surface area is 238 Å². The van der Waals surface area contributed by atoms with Crippen LogP contribution in [-0.4, -0.2) is 91.9 Å².